The van der Waals surface area contributed by atoms with Gasteiger partial charge in [-0.15, -0.1) is 0 Å². The normalized spacial score (nSPS) is 10.6. The zero-order chi connectivity index (χ0) is 21.1. The number of oxazole rings is 1. The zero-order valence-corrected chi connectivity index (χ0v) is 16.6. The van der Waals surface area contributed by atoms with Gasteiger partial charge in [-0.25, -0.2) is 4.98 Å². The highest BCUT2D eigenvalue weighted by molar-refractivity contribution is 5.92. The Morgan fingerprint density at radius 1 is 1.10 bits per heavy atom. The molecule has 0 aliphatic heterocycles. The van der Waals surface area contributed by atoms with Crippen LogP contribution >= 0.6 is 0 Å². The Morgan fingerprint density at radius 3 is 2.60 bits per heavy atom. The van der Waals surface area contributed by atoms with Crippen LogP contribution in [0, 0.1) is 25.2 Å². The fourth-order valence-electron chi connectivity index (χ4n) is 3.14. The van der Waals surface area contributed by atoms with Gasteiger partial charge >= 0.3 is 0 Å². The van der Waals surface area contributed by atoms with Gasteiger partial charge in [0.1, 0.15) is 11.3 Å². The van der Waals surface area contributed by atoms with Crippen molar-refractivity contribution in [2.24, 2.45) is 0 Å². The Kier molecular flexibility index (Phi) is 5.19. The predicted molar refractivity (Wildman–Crippen MR) is 114 cm³/mol. The van der Waals surface area contributed by atoms with Crippen LogP contribution in [0.15, 0.2) is 65.1 Å². The van der Waals surface area contributed by atoms with E-state index in [1.165, 1.54) is 0 Å². The van der Waals surface area contributed by atoms with E-state index in [9.17, 15) is 4.79 Å². The first kappa shape index (κ1) is 19.2. The number of anilines is 1. The molecule has 0 saturated heterocycles. The average Bonchev–Trinajstić information content (AvgIpc) is 3.18. The second-order valence-electron chi connectivity index (χ2n) is 6.95. The molecule has 1 heterocycles. The maximum Gasteiger partial charge on any atom is 0.262 e. The van der Waals surface area contributed by atoms with Crippen molar-refractivity contribution in [2.75, 3.05) is 11.9 Å². The quantitative estimate of drug-likeness (QED) is 0.512. The van der Waals surface area contributed by atoms with E-state index in [-0.39, 0.29) is 12.5 Å². The van der Waals surface area contributed by atoms with E-state index >= 15 is 0 Å². The average molecular weight is 397 g/mol. The summed E-state index contributed by atoms with van der Waals surface area (Å²) < 4.78 is 11.4. The van der Waals surface area contributed by atoms with Gasteiger partial charge in [0.05, 0.1) is 11.6 Å². The minimum Gasteiger partial charge on any atom is -0.483 e. The van der Waals surface area contributed by atoms with Crippen LogP contribution in [-0.2, 0) is 4.79 Å². The van der Waals surface area contributed by atoms with Crippen molar-refractivity contribution in [1.82, 2.24) is 4.98 Å². The molecule has 6 heteroatoms. The maximum atomic E-state index is 12.2. The Labute approximate surface area is 173 Å². The van der Waals surface area contributed by atoms with Gasteiger partial charge < -0.3 is 14.5 Å². The van der Waals surface area contributed by atoms with E-state index in [0.717, 1.165) is 16.7 Å². The van der Waals surface area contributed by atoms with Crippen molar-refractivity contribution in [3.63, 3.8) is 0 Å². The highest BCUT2D eigenvalue weighted by Gasteiger charge is 2.12. The molecular formula is C24H19N3O3. The lowest BCUT2D eigenvalue weighted by atomic mass is 10.1. The monoisotopic (exact) mass is 397 g/mol. The second kappa shape index (κ2) is 8.10. The second-order valence-corrected chi connectivity index (χ2v) is 6.95. The number of amides is 1. The lowest BCUT2D eigenvalue weighted by Gasteiger charge is -2.09. The first-order valence-corrected chi connectivity index (χ1v) is 9.43. The van der Waals surface area contributed by atoms with Crippen molar-refractivity contribution in [3.8, 4) is 23.3 Å². The number of hydrogen-bond acceptors (Lipinski definition) is 5. The van der Waals surface area contributed by atoms with E-state index < -0.39 is 0 Å². The van der Waals surface area contributed by atoms with Gasteiger partial charge in [-0.1, -0.05) is 18.2 Å². The number of para-hydroxylation sites is 1. The van der Waals surface area contributed by atoms with Gasteiger partial charge in [-0.3, -0.25) is 4.79 Å². The number of aryl methyl sites for hydroxylation is 2. The number of nitriles is 1. The molecule has 3 aromatic carbocycles. The molecule has 1 aromatic heterocycles. The van der Waals surface area contributed by atoms with Crippen LogP contribution in [0.3, 0.4) is 0 Å². The number of nitrogens with one attached hydrogen (secondary N) is 1. The van der Waals surface area contributed by atoms with Gasteiger partial charge in [-0.2, -0.15) is 5.26 Å². The van der Waals surface area contributed by atoms with Gasteiger partial charge in [-0.05, 0) is 67.4 Å². The largest absolute Gasteiger partial charge is 0.483 e. The number of benzene rings is 3. The van der Waals surface area contributed by atoms with Crippen molar-refractivity contribution in [3.05, 3.63) is 77.4 Å². The molecule has 6 nitrogen and oxygen atoms in total. The fourth-order valence-corrected chi connectivity index (χ4v) is 3.14. The summed E-state index contributed by atoms with van der Waals surface area (Å²) in [7, 11) is 0. The summed E-state index contributed by atoms with van der Waals surface area (Å²) in [5.74, 6) is 0.908. The molecular weight excluding hydrogens is 378 g/mol. The third-order valence-corrected chi connectivity index (χ3v) is 4.67. The molecule has 0 radical (unpaired) electrons. The number of carbonyl (C=O) groups excluding carboxylic acids is 1. The van der Waals surface area contributed by atoms with Crippen LogP contribution in [0.2, 0.25) is 0 Å². The first-order chi connectivity index (χ1) is 14.5. The topological polar surface area (TPSA) is 88.1 Å². The minimum absolute atomic E-state index is 0.0712. The first-order valence-electron chi connectivity index (χ1n) is 9.43. The lowest BCUT2D eigenvalue weighted by Crippen LogP contribution is -2.20. The molecule has 30 heavy (non-hydrogen) atoms. The summed E-state index contributed by atoms with van der Waals surface area (Å²) in [4.78, 5) is 16.7. The molecule has 0 fully saturated rings. The van der Waals surface area contributed by atoms with Gasteiger partial charge in [0, 0.05) is 11.3 Å². The molecule has 1 amide bonds. The summed E-state index contributed by atoms with van der Waals surface area (Å²) in [6.07, 6.45) is 0. The number of carbonyl (C=O) groups is 1. The van der Waals surface area contributed by atoms with Crippen molar-refractivity contribution >= 4 is 22.7 Å². The summed E-state index contributed by atoms with van der Waals surface area (Å²) in [6, 6.07) is 20.4. The summed E-state index contributed by atoms with van der Waals surface area (Å²) in [5.41, 5.74) is 5.12. The molecule has 0 spiro atoms. The van der Waals surface area contributed by atoms with Crippen LogP contribution in [0.4, 0.5) is 5.69 Å². The number of ether oxygens (including phenoxy) is 1. The molecule has 0 bridgehead atoms. The van der Waals surface area contributed by atoms with E-state index in [1.54, 1.807) is 24.3 Å². The SMILES string of the molecule is Cc1ccccc1OCC(=O)Nc1ccc(-c2nc3cc(C#N)cc(C)c3o2)cc1. The summed E-state index contributed by atoms with van der Waals surface area (Å²) in [5, 5.41) is 11.9. The summed E-state index contributed by atoms with van der Waals surface area (Å²) >= 11 is 0. The number of rotatable bonds is 5. The standard InChI is InChI=1S/C24H19N3O3/c1-15-5-3-4-6-21(15)29-14-22(28)26-19-9-7-18(8-10-19)24-27-20-12-17(13-25)11-16(2)23(20)30-24/h3-12H,14H2,1-2H3,(H,26,28). The number of fused-ring (bicyclic) bond motifs is 1. The number of hydrogen-bond donors (Lipinski definition) is 1. The molecule has 4 aromatic rings. The molecule has 0 aliphatic carbocycles. The third-order valence-electron chi connectivity index (χ3n) is 4.67. The van der Waals surface area contributed by atoms with E-state index in [1.807, 2.05) is 50.2 Å². The van der Waals surface area contributed by atoms with E-state index in [4.69, 9.17) is 14.4 Å². The van der Waals surface area contributed by atoms with Crippen LogP contribution in [0.5, 0.6) is 5.75 Å². The highest BCUT2D eigenvalue weighted by atomic mass is 16.5. The van der Waals surface area contributed by atoms with Crippen molar-refractivity contribution in [1.29, 1.82) is 5.26 Å². The minimum atomic E-state index is -0.243. The Morgan fingerprint density at radius 2 is 1.87 bits per heavy atom. The smallest absolute Gasteiger partial charge is 0.262 e. The van der Waals surface area contributed by atoms with E-state index in [0.29, 0.717) is 34.0 Å². The van der Waals surface area contributed by atoms with Crippen molar-refractivity contribution in [2.45, 2.75) is 13.8 Å². The van der Waals surface area contributed by atoms with Crippen LogP contribution in [0.25, 0.3) is 22.6 Å². The van der Waals surface area contributed by atoms with Crippen LogP contribution in [0.1, 0.15) is 16.7 Å². The molecule has 0 aliphatic rings. The summed E-state index contributed by atoms with van der Waals surface area (Å²) in [6.45, 7) is 3.74. The fraction of sp³-hybridized carbons (Fsp3) is 0.125. The van der Waals surface area contributed by atoms with E-state index in [2.05, 4.69) is 16.4 Å². The third kappa shape index (κ3) is 4.01. The maximum absolute atomic E-state index is 12.2. The van der Waals surface area contributed by atoms with Crippen molar-refractivity contribution < 1.29 is 13.9 Å². The molecule has 4 rings (SSSR count). The number of aromatic nitrogens is 1. The lowest BCUT2D eigenvalue weighted by molar-refractivity contribution is -0.118. The Hall–Kier alpha value is -4.11. The molecule has 0 unspecified atom stereocenters. The Balaban J connectivity index is 1.45. The van der Waals surface area contributed by atoms with Gasteiger partial charge in [0.25, 0.3) is 5.91 Å². The molecule has 1 N–H and O–H groups in total. The zero-order valence-electron chi connectivity index (χ0n) is 16.6. The highest BCUT2D eigenvalue weighted by Crippen LogP contribution is 2.28. The van der Waals surface area contributed by atoms with Gasteiger partial charge in [0.2, 0.25) is 5.89 Å². The molecule has 148 valence electrons. The van der Waals surface area contributed by atoms with Gasteiger partial charge in [0.15, 0.2) is 12.2 Å². The number of nitrogens with zero attached hydrogens (tertiary/aromatic N) is 2. The van der Waals surface area contributed by atoms with Crippen LogP contribution < -0.4 is 10.1 Å². The molecule has 0 atom stereocenters. The molecule has 0 saturated carbocycles. The van der Waals surface area contributed by atoms with Crippen LogP contribution in [-0.4, -0.2) is 17.5 Å². The predicted octanol–water partition coefficient (Wildman–Crippen LogP) is 5.00. The Bertz CT molecular complexity index is 1270.